The largest absolute Gasteiger partial charge is 0.384 e. The summed E-state index contributed by atoms with van der Waals surface area (Å²) in [7, 11) is 1.66. The first-order chi connectivity index (χ1) is 16.1. The first-order valence-electron chi connectivity index (χ1n) is 10.8. The molecule has 1 aliphatic heterocycles. The molecule has 1 aromatic heterocycles. The smallest absolute Gasteiger partial charge is 0.258 e. The predicted molar refractivity (Wildman–Crippen MR) is 132 cm³/mol. The van der Waals surface area contributed by atoms with Gasteiger partial charge in [-0.05, 0) is 36.2 Å². The maximum Gasteiger partial charge on any atom is 0.258 e. The lowest BCUT2D eigenvalue weighted by Crippen LogP contribution is -2.24. The predicted octanol–water partition coefficient (Wildman–Crippen LogP) is 4.61. The Morgan fingerprint density at radius 1 is 1.21 bits per heavy atom. The van der Waals surface area contributed by atoms with Crippen molar-refractivity contribution in [3.63, 3.8) is 0 Å². The van der Waals surface area contributed by atoms with Crippen LogP contribution in [0.3, 0.4) is 0 Å². The number of aryl methyl sites for hydroxylation is 1. The van der Waals surface area contributed by atoms with Crippen molar-refractivity contribution in [1.82, 2.24) is 10.2 Å². The van der Waals surface area contributed by atoms with Crippen molar-refractivity contribution in [2.24, 2.45) is 0 Å². The molecular weight excluding hydrogens is 456 g/mol. The van der Waals surface area contributed by atoms with Gasteiger partial charge in [0.1, 0.15) is 5.01 Å². The number of thioether (sulfide) groups is 1. The van der Waals surface area contributed by atoms with Crippen molar-refractivity contribution < 1.29 is 14.3 Å². The topological polar surface area (TPSA) is 84.4 Å². The second-order valence-corrected chi connectivity index (χ2v) is 9.81. The van der Waals surface area contributed by atoms with Gasteiger partial charge in [-0.3, -0.25) is 14.9 Å². The van der Waals surface area contributed by atoms with Crippen molar-refractivity contribution in [3.8, 4) is 0 Å². The highest BCUT2D eigenvalue weighted by molar-refractivity contribution is 7.99. The summed E-state index contributed by atoms with van der Waals surface area (Å²) >= 11 is 2.90. The number of rotatable bonds is 9. The standard InChI is InChI=1S/C24H26N4O3S2/c1-3-16-8-10-18(11-9-16)28-15-17(14-21(28)29)23-26-27-24(33-23)25-22(30)19-6-4-5-7-20(19)32-13-12-31-2/h4-11,17H,3,12-15H2,1-2H3,(H,25,27,30). The van der Waals surface area contributed by atoms with Gasteiger partial charge >= 0.3 is 0 Å². The second kappa shape index (κ2) is 10.9. The molecule has 0 saturated carbocycles. The van der Waals surface area contributed by atoms with Crippen molar-refractivity contribution in [1.29, 1.82) is 0 Å². The molecule has 0 bridgehead atoms. The number of hydrogen-bond acceptors (Lipinski definition) is 7. The van der Waals surface area contributed by atoms with E-state index >= 15 is 0 Å². The van der Waals surface area contributed by atoms with Gasteiger partial charge in [-0.15, -0.1) is 22.0 Å². The summed E-state index contributed by atoms with van der Waals surface area (Å²) in [5.41, 5.74) is 2.73. The van der Waals surface area contributed by atoms with Crippen LogP contribution < -0.4 is 10.2 Å². The van der Waals surface area contributed by atoms with E-state index in [2.05, 4.69) is 34.6 Å². The zero-order valence-electron chi connectivity index (χ0n) is 18.6. The van der Waals surface area contributed by atoms with Gasteiger partial charge in [0, 0.05) is 42.3 Å². The minimum Gasteiger partial charge on any atom is -0.384 e. The van der Waals surface area contributed by atoms with Crippen LogP contribution in [0.25, 0.3) is 0 Å². The molecule has 1 atom stereocenters. The molecule has 0 radical (unpaired) electrons. The lowest BCUT2D eigenvalue weighted by molar-refractivity contribution is -0.117. The monoisotopic (exact) mass is 482 g/mol. The zero-order valence-corrected chi connectivity index (χ0v) is 20.2. The summed E-state index contributed by atoms with van der Waals surface area (Å²) in [4.78, 5) is 28.2. The van der Waals surface area contributed by atoms with Gasteiger partial charge in [-0.25, -0.2) is 0 Å². The van der Waals surface area contributed by atoms with E-state index in [4.69, 9.17) is 4.74 Å². The quantitative estimate of drug-likeness (QED) is 0.354. The van der Waals surface area contributed by atoms with Crippen LogP contribution in [0.2, 0.25) is 0 Å². The number of aromatic nitrogens is 2. The number of nitrogens with one attached hydrogen (secondary N) is 1. The van der Waals surface area contributed by atoms with Crippen LogP contribution in [-0.2, 0) is 16.0 Å². The summed E-state index contributed by atoms with van der Waals surface area (Å²) in [6.45, 7) is 3.28. The van der Waals surface area contributed by atoms with Crippen molar-refractivity contribution in [2.45, 2.75) is 30.6 Å². The third kappa shape index (κ3) is 5.61. The van der Waals surface area contributed by atoms with Crippen LogP contribution in [0.5, 0.6) is 0 Å². The maximum atomic E-state index is 12.9. The molecule has 9 heteroatoms. The average molecular weight is 483 g/mol. The number of benzene rings is 2. The van der Waals surface area contributed by atoms with Crippen molar-refractivity contribution >= 4 is 45.7 Å². The fourth-order valence-electron chi connectivity index (χ4n) is 3.66. The molecule has 1 N–H and O–H groups in total. The van der Waals surface area contributed by atoms with Gasteiger partial charge in [-0.1, -0.05) is 42.5 Å². The van der Waals surface area contributed by atoms with E-state index in [1.807, 2.05) is 30.3 Å². The lowest BCUT2D eigenvalue weighted by atomic mass is 10.1. The molecule has 1 unspecified atom stereocenters. The molecule has 0 aliphatic carbocycles. The molecule has 2 amide bonds. The Bertz CT molecular complexity index is 1120. The van der Waals surface area contributed by atoms with Gasteiger partial charge in [0.2, 0.25) is 11.0 Å². The highest BCUT2D eigenvalue weighted by atomic mass is 32.2. The third-order valence-corrected chi connectivity index (χ3v) is 7.51. The minimum atomic E-state index is -0.224. The first kappa shape index (κ1) is 23.4. The van der Waals surface area contributed by atoms with Crippen LogP contribution in [0, 0.1) is 0 Å². The fraction of sp³-hybridized carbons (Fsp3) is 0.333. The van der Waals surface area contributed by atoms with E-state index in [9.17, 15) is 9.59 Å². The Labute approximate surface area is 201 Å². The van der Waals surface area contributed by atoms with E-state index in [1.165, 1.54) is 16.9 Å². The summed E-state index contributed by atoms with van der Waals surface area (Å²) < 4.78 is 5.10. The SMILES string of the molecule is CCc1ccc(N2CC(c3nnc(NC(=O)c4ccccc4SCCOC)s3)CC2=O)cc1. The first-order valence-corrected chi connectivity index (χ1v) is 12.6. The van der Waals surface area contributed by atoms with E-state index in [0.717, 1.165) is 27.8 Å². The third-order valence-electron chi connectivity index (χ3n) is 5.47. The molecule has 1 fully saturated rings. The Balaban J connectivity index is 1.41. The zero-order chi connectivity index (χ0) is 23.2. The van der Waals surface area contributed by atoms with Gasteiger partial charge < -0.3 is 9.64 Å². The molecule has 172 valence electrons. The number of hydrogen-bond donors (Lipinski definition) is 1. The normalized spacial score (nSPS) is 15.8. The number of methoxy groups -OCH3 is 1. The van der Waals surface area contributed by atoms with E-state index < -0.39 is 0 Å². The van der Waals surface area contributed by atoms with E-state index in [-0.39, 0.29) is 17.7 Å². The summed E-state index contributed by atoms with van der Waals surface area (Å²) in [6, 6.07) is 15.6. The number of anilines is 2. The molecule has 33 heavy (non-hydrogen) atoms. The number of amides is 2. The molecular formula is C24H26N4O3S2. The number of ether oxygens (including phenoxy) is 1. The lowest BCUT2D eigenvalue weighted by Gasteiger charge is -2.16. The molecule has 0 spiro atoms. The second-order valence-electron chi connectivity index (χ2n) is 7.66. The molecule has 2 heterocycles. The summed E-state index contributed by atoms with van der Waals surface area (Å²) in [5, 5.41) is 12.5. The van der Waals surface area contributed by atoms with Crippen LogP contribution in [0.4, 0.5) is 10.8 Å². The molecule has 1 saturated heterocycles. The van der Waals surface area contributed by atoms with Gasteiger partial charge in [0.05, 0.1) is 12.2 Å². The highest BCUT2D eigenvalue weighted by Gasteiger charge is 2.34. The van der Waals surface area contributed by atoms with Gasteiger partial charge in [0.25, 0.3) is 5.91 Å². The van der Waals surface area contributed by atoms with Crippen molar-refractivity contribution in [2.75, 3.05) is 36.2 Å². The van der Waals surface area contributed by atoms with Crippen LogP contribution in [0.1, 0.15) is 40.2 Å². The Morgan fingerprint density at radius 2 is 2.00 bits per heavy atom. The maximum absolute atomic E-state index is 12.9. The Morgan fingerprint density at radius 3 is 2.76 bits per heavy atom. The molecule has 2 aromatic carbocycles. The number of nitrogens with zero attached hydrogens (tertiary/aromatic N) is 3. The Hall–Kier alpha value is -2.75. The van der Waals surface area contributed by atoms with Crippen molar-refractivity contribution in [3.05, 3.63) is 64.7 Å². The minimum absolute atomic E-state index is 0.0385. The van der Waals surface area contributed by atoms with Crippen LogP contribution >= 0.6 is 23.1 Å². The van der Waals surface area contributed by atoms with E-state index in [0.29, 0.717) is 30.3 Å². The van der Waals surface area contributed by atoms with Crippen LogP contribution in [0.15, 0.2) is 53.4 Å². The molecule has 3 aromatic rings. The Kier molecular flexibility index (Phi) is 7.74. The summed E-state index contributed by atoms with van der Waals surface area (Å²) in [5.74, 6) is 0.575. The van der Waals surface area contributed by atoms with Gasteiger partial charge in [0.15, 0.2) is 0 Å². The molecule has 7 nitrogen and oxygen atoms in total. The molecule has 1 aliphatic rings. The van der Waals surface area contributed by atoms with Gasteiger partial charge in [-0.2, -0.15) is 0 Å². The summed E-state index contributed by atoms with van der Waals surface area (Å²) in [6.07, 6.45) is 1.35. The fourth-order valence-corrected chi connectivity index (χ4v) is 5.45. The molecule has 4 rings (SSSR count). The average Bonchev–Trinajstić information content (AvgIpc) is 3.46. The number of carbonyl (C=O) groups is 2. The van der Waals surface area contributed by atoms with Crippen LogP contribution in [-0.4, -0.2) is 48.0 Å². The highest BCUT2D eigenvalue weighted by Crippen LogP contribution is 2.34. The van der Waals surface area contributed by atoms with E-state index in [1.54, 1.807) is 29.8 Å². The number of carbonyl (C=O) groups excluding carboxylic acids is 2.